The molecule has 0 aliphatic carbocycles. The van der Waals surface area contributed by atoms with E-state index in [4.69, 9.17) is 9.47 Å². The van der Waals surface area contributed by atoms with E-state index in [9.17, 15) is 8.42 Å². The Morgan fingerprint density at radius 1 is 1.17 bits per heavy atom. The number of fused-ring (bicyclic) bond motifs is 4. The van der Waals surface area contributed by atoms with Gasteiger partial charge in [-0.05, 0) is 19.1 Å². The van der Waals surface area contributed by atoms with Gasteiger partial charge in [-0.25, -0.2) is 4.98 Å². The predicted octanol–water partition coefficient (Wildman–Crippen LogP) is 4.24. The normalized spacial score (nSPS) is 15.9. The molecule has 4 heterocycles. The van der Waals surface area contributed by atoms with Crippen molar-refractivity contribution in [1.82, 2.24) is 14.2 Å². The molecule has 4 aromatic rings. The zero-order valence-corrected chi connectivity index (χ0v) is 17.0. The fraction of sp³-hybridized carbons (Fsp3) is 0.111. The van der Waals surface area contributed by atoms with Gasteiger partial charge in [0, 0.05) is 12.1 Å². The number of rotatable bonds is 2. The third-order valence-corrected chi connectivity index (χ3v) is 7.29. The summed E-state index contributed by atoms with van der Waals surface area (Å²) in [6, 6.07) is 10.3. The molecule has 2 aromatic heterocycles. The fourth-order valence-corrected chi connectivity index (χ4v) is 5.59. The smallest absolute Gasteiger partial charge is 0.287 e. The highest BCUT2D eigenvalue weighted by Crippen LogP contribution is 2.42. The first-order valence-electron chi connectivity index (χ1n) is 8.84. The largest absolute Gasteiger partial charge is 0.454 e. The number of thiazole rings is 1. The summed E-state index contributed by atoms with van der Waals surface area (Å²) in [6.07, 6.45) is 0. The van der Waals surface area contributed by atoms with Crippen molar-refractivity contribution >= 4 is 53.9 Å². The van der Waals surface area contributed by atoms with E-state index in [1.54, 1.807) is 31.2 Å². The molecule has 0 fully saturated rings. The summed E-state index contributed by atoms with van der Waals surface area (Å²) in [6.45, 7) is 1.88. The van der Waals surface area contributed by atoms with E-state index in [1.807, 2.05) is 6.07 Å². The third-order valence-electron chi connectivity index (χ3n) is 4.75. The highest BCUT2D eigenvalue weighted by molar-refractivity contribution is 7.90. The molecule has 0 bridgehead atoms. The third kappa shape index (κ3) is 2.44. The van der Waals surface area contributed by atoms with E-state index in [0.717, 1.165) is 14.3 Å². The van der Waals surface area contributed by atoms with Crippen molar-refractivity contribution in [3.8, 4) is 11.5 Å². The van der Waals surface area contributed by atoms with Crippen LogP contribution in [-0.2, 0) is 10.0 Å². The van der Waals surface area contributed by atoms with Crippen LogP contribution in [0.4, 0.5) is 22.3 Å². The van der Waals surface area contributed by atoms with Crippen LogP contribution in [0.3, 0.4) is 0 Å². The molecule has 1 N–H and O–H groups in total. The number of azo groups is 1. The van der Waals surface area contributed by atoms with Gasteiger partial charge in [0.15, 0.2) is 23.0 Å². The van der Waals surface area contributed by atoms with Crippen LogP contribution in [-0.4, -0.2) is 29.4 Å². The second kappa shape index (κ2) is 6.00. The highest BCUT2D eigenvalue weighted by atomic mass is 32.2. The molecule has 2 aliphatic rings. The first kappa shape index (κ1) is 17.4. The lowest BCUT2D eigenvalue weighted by Crippen LogP contribution is -2.22. The van der Waals surface area contributed by atoms with Crippen LogP contribution >= 0.6 is 11.3 Å². The molecule has 30 heavy (non-hydrogen) atoms. The number of aromatic nitrogens is 3. The summed E-state index contributed by atoms with van der Waals surface area (Å²) in [5.74, 6) is 1.56. The number of nitrogens with zero attached hydrogens (tertiary/aromatic N) is 5. The second-order valence-corrected chi connectivity index (χ2v) is 9.37. The van der Waals surface area contributed by atoms with Crippen molar-refractivity contribution in [2.75, 3.05) is 12.1 Å². The minimum absolute atomic E-state index is 0.159. The van der Waals surface area contributed by atoms with Gasteiger partial charge >= 0.3 is 0 Å². The number of aryl methyl sites for hydroxylation is 1. The molecule has 0 unspecified atom stereocenters. The van der Waals surface area contributed by atoms with Gasteiger partial charge in [-0.3, -0.25) is 0 Å². The Bertz CT molecular complexity index is 1450. The Morgan fingerprint density at radius 3 is 2.83 bits per heavy atom. The van der Waals surface area contributed by atoms with Crippen molar-refractivity contribution in [1.29, 1.82) is 0 Å². The van der Waals surface area contributed by atoms with E-state index in [0.29, 0.717) is 33.7 Å². The summed E-state index contributed by atoms with van der Waals surface area (Å²) in [4.78, 5) is 4.61. The Labute approximate surface area is 173 Å². The molecule has 0 saturated carbocycles. The van der Waals surface area contributed by atoms with E-state index in [-0.39, 0.29) is 17.5 Å². The van der Waals surface area contributed by atoms with Crippen molar-refractivity contribution in [3.05, 3.63) is 42.1 Å². The Morgan fingerprint density at radius 2 is 1.97 bits per heavy atom. The van der Waals surface area contributed by atoms with Crippen LogP contribution in [0.2, 0.25) is 0 Å². The lowest BCUT2D eigenvalue weighted by molar-refractivity contribution is 0.174. The van der Waals surface area contributed by atoms with Gasteiger partial charge in [0.2, 0.25) is 11.9 Å². The molecular formula is C18H12N6O4S2. The first-order valence-corrected chi connectivity index (χ1v) is 11.1. The molecule has 2 aliphatic heterocycles. The van der Waals surface area contributed by atoms with E-state index in [1.165, 1.54) is 17.4 Å². The number of hydrogen-bond acceptors (Lipinski definition) is 10. The number of benzene rings is 2. The molecule has 0 atom stereocenters. The second-order valence-electron chi connectivity index (χ2n) is 6.62. The maximum Gasteiger partial charge on any atom is 0.287 e. The van der Waals surface area contributed by atoms with Gasteiger partial charge in [0.1, 0.15) is 4.90 Å². The van der Waals surface area contributed by atoms with Crippen LogP contribution in [0, 0.1) is 6.92 Å². The maximum atomic E-state index is 12.9. The van der Waals surface area contributed by atoms with Gasteiger partial charge in [0.05, 0.1) is 21.6 Å². The summed E-state index contributed by atoms with van der Waals surface area (Å²) in [5.41, 5.74) is 1.96. The Hall–Kier alpha value is -3.51. The number of ether oxygens (including phenoxy) is 2. The maximum absolute atomic E-state index is 12.9. The quantitative estimate of drug-likeness (QED) is 0.408. The van der Waals surface area contributed by atoms with Crippen molar-refractivity contribution in [2.24, 2.45) is 10.2 Å². The summed E-state index contributed by atoms with van der Waals surface area (Å²) < 4.78 is 38.4. The number of anilines is 2. The van der Waals surface area contributed by atoms with Gasteiger partial charge < -0.3 is 14.8 Å². The molecule has 2 aromatic carbocycles. The number of para-hydroxylation sites is 1. The molecule has 0 radical (unpaired) electrons. The van der Waals surface area contributed by atoms with Crippen molar-refractivity contribution in [3.63, 3.8) is 0 Å². The van der Waals surface area contributed by atoms with Crippen molar-refractivity contribution in [2.45, 2.75) is 11.8 Å². The summed E-state index contributed by atoms with van der Waals surface area (Å²) >= 11 is 1.34. The molecule has 0 saturated heterocycles. The fourth-order valence-electron chi connectivity index (χ4n) is 3.35. The number of nitrogens with one attached hydrogen (secondary N) is 1. The zero-order valence-electron chi connectivity index (χ0n) is 15.4. The zero-order chi connectivity index (χ0) is 20.5. The Kier molecular flexibility index (Phi) is 3.47. The number of hydrogen-bond donors (Lipinski definition) is 1. The van der Waals surface area contributed by atoms with Gasteiger partial charge in [0.25, 0.3) is 10.0 Å². The standard InChI is InChI=1S/C18H12N6O4S2/c1-9-16(17-19-10-4-2-3-5-15(10)30(25,26)24(17)23-9)21-22-18-20-11-6-12-13(28-8-27-12)7-14(11)29-18/h2-7,19H,8H2,1H3. The molecule has 0 spiro atoms. The monoisotopic (exact) mass is 440 g/mol. The minimum Gasteiger partial charge on any atom is -0.454 e. The average molecular weight is 440 g/mol. The van der Waals surface area contributed by atoms with E-state index >= 15 is 0 Å². The average Bonchev–Trinajstić information content (AvgIpc) is 3.41. The molecule has 6 rings (SSSR count). The van der Waals surface area contributed by atoms with E-state index < -0.39 is 10.0 Å². The Balaban J connectivity index is 1.41. The van der Waals surface area contributed by atoms with E-state index in [2.05, 4.69) is 25.6 Å². The molecule has 150 valence electrons. The molecular weight excluding hydrogens is 428 g/mol. The van der Waals surface area contributed by atoms with Crippen LogP contribution in [0.1, 0.15) is 5.69 Å². The van der Waals surface area contributed by atoms with Crippen LogP contribution in [0.15, 0.2) is 51.5 Å². The topological polar surface area (TPSA) is 120 Å². The molecule has 0 amide bonds. The van der Waals surface area contributed by atoms with Gasteiger partial charge in [-0.2, -0.15) is 13.5 Å². The van der Waals surface area contributed by atoms with Gasteiger partial charge in [-0.1, -0.05) is 23.5 Å². The summed E-state index contributed by atoms with van der Waals surface area (Å²) in [7, 11) is -3.81. The van der Waals surface area contributed by atoms with Crippen LogP contribution in [0.25, 0.3) is 10.2 Å². The SMILES string of the molecule is Cc1nn2c(c1N=Nc1nc3cc4c(cc3s1)OCO4)Nc1ccccc1S2(=O)=O. The van der Waals surface area contributed by atoms with Gasteiger partial charge in [-0.15, -0.1) is 14.3 Å². The minimum atomic E-state index is -3.81. The first-order chi connectivity index (χ1) is 14.5. The predicted molar refractivity (Wildman–Crippen MR) is 109 cm³/mol. The lowest BCUT2D eigenvalue weighted by Gasteiger charge is -2.19. The lowest BCUT2D eigenvalue weighted by atomic mass is 10.3. The highest BCUT2D eigenvalue weighted by Gasteiger charge is 2.33. The molecule has 10 nitrogen and oxygen atoms in total. The van der Waals surface area contributed by atoms with Crippen molar-refractivity contribution < 1.29 is 17.9 Å². The molecule has 12 heteroatoms. The summed E-state index contributed by atoms with van der Waals surface area (Å²) in [5, 5.41) is 16.2. The van der Waals surface area contributed by atoms with Crippen LogP contribution in [0.5, 0.6) is 11.5 Å². The van der Waals surface area contributed by atoms with Crippen LogP contribution < -0.4 is 14.8 Å².